The lowest BCUT2D eigenvalue weighted by molar-refractivity contribution is -0.175. The first-order chi connectivity index (χ1) is 13.0. The van der Waals surface area contributed by atoms with Crippen molar-refractivity contribution in [1.29, 1.82) is 0 Å². The molecule has 0 saturated carbocycles. The van der Waals surface area contributed by atoms with Crippen molar-refractivity contribution >= 4 is 23.3 Å². The molecule has 2 aliphatic heterocycles. The van der Waals surface area contributed by atoms with Gasteiger partial charge in [-0.1, -0.05) is 12.1 Å². The molecule has 1 saturated heterocycles. The molecule has 8 heteroatoms. The monoisotopic (exact) mass is 394 g/mol. The van der Waals surface area contributed by atoms with Crippen LogP contribution in [0.3, 0.4) is 0 Å². The highest BCUT2D eigenvalue weighted by Gasteiger charge is 2.59. The maximum Gasteiger partial charge on any atom is 0.317 e. The van der Waals surface area contributed by atoms with Gasteiger partial charge in [-0.25, -0.2) is 0 Å². The lowest BCUT2D eigenvalue weighted by Gasteiger charge is -2.55. The molecule has 3 rings (SSSR count). The molecule has 2 heterocycles. The molecule has 148 valence electrons. The number of methoxy groups -OCH3 is 2. The van der Waals surface area contributed by atoms with Gasteiger partial charge in [0.25, 0.3) is 0 Å². The van der Waals surface area contributed by atoms with Crippen LogP contribution >= 0.6 is 12.2 Å². The third-order valence-corrected chi connectivity index (χ3v) is 5.45. The number of carbonyl (C=O) groups excluding carboxylic acids is 1. The third kappa shape index (κ3) is 3.32. The Bertz CT molecular complexity index is 728. The number of thiocarbonyl (C=S) groups is 1. The Morgan fingerprint density at radius 2 is 2.19 bits per heavy atom. The van der Waals surface area contributed by atoms with Crippen LogP contribution in [0.15, 0.2) is 18.2 Å². The van der Waals surface area contributed by atoms with E-state index in [4.69, 9.17) is 31.2 Å². The van der Waals surface area contributed by atoms with Crippen molar-refractivity contribution in [3.05, 3.63) is 23.8 Å². The predicted molar refractivity (Wildman–Crippen MR) is 104 cm³/mol. The normalized spacial score (nSPS) is 25.9. The first kappa shape index (κ1) is 19.7. The van der Waals surface area contributed by atoms with Crippen LogP contribution in [0.25, 0.3) is 0 Å². The Morgan fingerprint density at radius 1 is 1.41 bits per heavy atom. The van der Waals surface area contributed by atoms with Gasteiger partial charge in [-0.05, 0) is 38.6 Å². The van der Waals surface area contributed by atoms with E-state index in [-0.39, 0.29) is 12.0 Å². The van der Waals surface area contributed by atoms with Gasteiger partial charge in [0, 0.05) is 25.8 Å². The predicted octanol–water partition coefficient (Wildman–Crippen LogP) is 2.25. The van der Waals surface area contributed by atoms with E-state index in [1.165, 1.54) is 0 Å². The molecule has 0 radical (unpaired) electrons. The van der Waals surface area contributed by atoms with Gasteiger partial charge in [-0.15, -0.1) is 0 Å². The summed E-state index contributed by atoms with van der Waals surface area (Å²) >= 11 is 5.61. The average molecular weight is 394 g/mol. The smallest absolute Gasteiger partial charge is 0.317 e. The highest BCUT2D eigenvalue weighted by molar-refractivity contribution is 7.80. The molecule has 1 N–H and O–H groups in total. The van der Waals surface area contributed by atoms with E-state index in [0.717, 1.165) is 12.0 Å². The molecule has 27 heavy (non-hydrogen) atoms. The van der Waals surface area contributed by atoms with Gasteiger partial charge in [-0.3, -0.25) is 4.79 Å². The van der Waals surface area contributed by atoms with Crippen LogP contribution in [0.5, 0.6) is 11.5 Å². The summed E-state index contributed by atoms with van der Waals surface area (Å²) in [7, 11) is 3.26. The molecule has 3 unspecified atom stereocenters. The van der Waals surface area contributed by atoms with Crippen LogP contribution < -0.4 is 14.8 Å². The molecule has 3 atom stereocenters. The zero-order chi connectivity index (χ0) is 19.6. The number of ether oxygens (including phenoxy) is 4. The molecule has 1 aromatic carbocycles. The van der Waals surface area contributed by atoms with Crippen molar-refractivity contribution < 1.29 is 23.7 Å². The molecule has 1 fully saturated rings. The van der Waals surface area contributed by atoms with E-state index < -0.39 is 11.6 Å². The van der Waals surface area contributed by atoms with Gasteiger partial charge in [0.05, 0.1) is 19.8 Å². The van der Waals surface area contributed by atoms with Crippen molar-refractivity contribution in [2.45, 2.75) is 32.0 Å². The maximum absolute atomic E-state index is 12.9. The molecule has 0 aromatic heterocycles. The van der Waals surface area contributed by atoms with E-state index in [2.05, 4.69) is 5.32 Å². The highest BCUT2D eigenvalue weighted by atomic mass is 32.1. The van der Waals surface area contributed by atoms with Crippen LogP contribution in [0.4, 0.5) is 0 Å². The second-order valence-corrected chi connectivity index (χ2v) is 7.08. The molecule has 2 aliphatic rings. The number of esters is 1. The Labute approximate surface area is 164 Å². The zero-order valence-electron chi connectivity index (χ0n) is 16.1. The Balaban J connectivity index is 2.08. The maximum atomic E-state index is 12.9. The van der Waals surface area contributed by atoms with Crippen LogP contribution in [-0.2, 0) is 14.3 Å². The second-order valence-electron chi connectivity index (χ2n) is 6.69. The van der Waals surface area contributed by atoms with Gasteiger partial charge in [0.15, 0.2) is 22.3 Å². The summed E-state index contributed by atoms with van der Waals surface area (Å²) in [6, 6.07) is 5.29. The summed E-state index contributed by atoms with van der Waals surface area (Å²) in [6.45, 7) is 5.16. The number of nitrogens with zero attached hydrogens (tertiary/aromatic N) is 1. The molecule has 1 aromatic rings. The van der Waals surface area contributed by atoms with Crippen LogP contribution in [0.1, 0.15) is 31.9 Å². The largest absolute Gasteiger partial charge is 0.493 e. The minimum atomic E-state index is -0.991. The molecular formula is C19H26N2O5S. The lowest BCUT2D eigenvalue weighted by atomic mass is 9.79. The summed E-state index contributed by atoms with van der Waals surface area (Å²) in [5, 5.41) is 3.88. The van der Waals surface area contributed by atoms with E-state index in [1.807, 2.05) is 30.0 Å². The molecule has 2 bridgehead atoms. The minimum absolute atomic E-state index is 0.303. The topological polar surface area (TPSA) is 69.3 Å². The van der Waals surface area contributed by atoms with Crippen LogP contribution in [0.2, 0.25) is 0 Å². The summed E-state index contributed by atoms with van der Waals surface area (Å²) in [5.74, 6) is 0.355. The van der Waals surface area contributed by atoms with Crippen LogP contribution in [-0.4, -0.2) is 55.7 Å². The van der Waals surface area contributed by atoms with Gasteiger partial charge < -0.3 is 29.2 Å². The number of benzene rings is 1. The highest BCUT2D eigenvalue weighted by Crippen LogP contribution is 2.51. The van der Waals surface area contributed by atoms with Crippen molar-refractivity contribution in [2.75, 3.05) is 34.0 Å². The first-order valence-corrected chi connectivity index (χ1v) is 9.48. The number of carbonyl (C=O) groups is 1. The Hall–Kier alpha value is -2.06. The molecule has 0 amide bonds. The van der Waals surface area contributed by atoms with Crippen molar-refractivity contribution in [3.63, 3.8) is 0 Å². The van der Waals surface area contributed by atoms with E-state index in [9.17, 15) is 4.79 Å². The average Bonchev–Trinajstić information content (AvgIpc) is 2.63. The summed E-state index contributed by atoms with van der Waals surface area (Å²) < 4.78 is 22.5. The summed E-state index contributed by atoms with van der Waals surface area (Å²) in [6.07, 6.45) is 0.746. The first-order valence-electron chi connectivity index (χ1n) is 9.07. The Morgan fingerprint density at radius 3 is 2.85 bits per heavy atom. The lowest BCUT2D eigenvalue weighted by Crippen LogP contribution is -2.71. The van der Waals surface area contributed by atoms with Crippen LogP contribution in [0, 0.1) is 5.92 Å². The number of nitrogens with one attached hydrogen (secondary N) is 1. The third-order valence-electron chi connectivity index (χ3n) is 5.11. The molecule has 0 aliphatic carbocycles. The SMILES string of the molecule is CCOC(=O)C1C2NC(=S)N(CCCOC)C1(C)Oc1c(OC)cccc12. The molecular weight excluding hydrogens is 368 g/mol. The summed E-state index contributed by atoms with van der Waals surface area (Å²) in [5.41, 5.74) is -0.155. The van der Waals surface area contributed by atoms with Crippen molar-refractivity contribution in [3.8, 4) is 11.5 Å². The minimum Gasteiger partial charge on any atom is -0.493 e. The molecule has 0 spiro atoms. The molecule has 7 nitrogen and oxygen atoms in total. The number of hydrogen-bond donors (Lipinski definition) is 1. The Kier molecular flexibility index (Phi) is 5.76. The number of rotatable bonds is 7. The number of fused-ring (bicyclic) bond motifs is 4. The van der Waals surface area contributed by atoms with E-state index >= 15 is 0 Å². The summed E-state index contributed by atoms with van der Waals surface area (Å²) in [4.78, 5) is 14.8. The fourth-order valence-electron chi connectivity index (χ4n) is 3.88. The van der Waals surface area contributed by atoms with Gasteiger partial charge in [0.1, 0.15) is 5.92 Å². The fourth-order valence-corrected chi connectivity index (χ4v) is 4.28. The van der Waals surface area contributed by atoms with E-state index in [0.29, 0.717) is 36.4 Å². The van der Waals surface area contributed by atoms with E-state index in [1.54, 1.807) is 21.1 Å². The van der Waals surface area contributed by atoms with Gasteiger partial charge >= 0.3 is 5.97 Å². The fraction of sp³-hybridized carbons (Fsp3) is 0.579. The number of hydrogen-bond acceptors (Lipinski definition) is 6. The number of para-hydroxylation sites is 1. The van der Waals surface area contributed by atoms with Crippen molar-refractivity contribution in [2.24, 2.45) is 5.92 Å². The standard InChI is InChI=1S/C19H26N2O5S/c1-5-25-17(22)14-15-12-8-6-9-13(24-4)16(12)26-19(14,2)21(18(27)20-15)10-7-11-23-3/h6,8-9,14-15H,5,7,10-11H2,1-4H3,(H,20,27). The van der Waals surface area contributed by atoms with Gasteiger partial charge in [-0.2, -0.15) is 0 Å². The van der Waals surface area contributed by atoms with Crippen molar-refractivity contribution in [1.82, 2.24) is 10.2 Å². The van der Waals surface area contributed by atoms with Gasteiger partial charge in [0.2, 0.25) is 0 Å². The zero-order valence-corrected chi connectivity index (χ0v) is 16.9. The quantitative estimate of drug-likeness (QED) is 0.429. The second kappa shape index (κ2) is 7.90.